The summed E-state index contributed by atoms with van der Waals surface area (Å²) in [4.78, 5) is 81.3. The van der Waals surface area contributed by atoms with E-state index in [9.17, 15) is 51.4 Å². The molecule has 4 N–H and O–H groups in total. The van der Waals surface area contributed by atoms with Crippen LogP contribution in [0.4, 0.5) is 47.8 Å². The Morgan fingerprint density at radius 1 is 0.812 bits per heavy atom. The summed E-state index contributed by atoms with van der Waals surface area (Å²) in [5.74, 6) is -2.74. The summed E-state index contributed by atoms with van der Waals surface area (Å²) < 4.78 is 70.7. The van der Waals surface area contributed by atoms with Gasteiger partial charge in [0.2, 0.25) is 39.4 Å². The number of ether oxygens (including phenoxy) is 3. The van der Waals surface area contributed by atoms with Gasteiger partial charge in [0.25, 0.3) is 5.16 Å². The van der Waals surface area contributed by atoms with Gasteiger partial charge in [-0.3, -0.25) is 44.6 Å². The number of nitro groups is 2. The van der Waals surface area contributed by atoms with Gasteiger partial charge in [0.05, 0.1) is 29.2 Å². The first-order chi connectivity index (χ1) is 30.8. The minimum absolute atomic E-state index is 0. The Balaban J connectivity index is 0. The maximum Gasteiger partial charge on any atom is 1.00 e. The Morgan fingerprint density at radius 3 is 1.55 bits per heavy atom. The molecule has 30 heteroatoms. The number of nitrogens with two attached hydrogens (primary N) is 2. The maximum atomic E-state index is 12.2. The predicted molar refractivity (Wildman–Crippen MR) is 236 cm³/mol. The second-order valence-electron chi connectivity index (χ2n) is 13.7. The molecule has 0 radical (unpaired) electrons. The number of anilines is 4. The number of hydrogen-bond acceptors (Lipinski definition) is 22. The van der Waals surface area contributed by atoms with Crippen LogP contribution in [-0.4, -0.2) is 111 Å². The average Bonchev–Trinajstić information content (AvgIpc) is 3.21. The molecule has 0 aromatic carbocycles. The van der Waals surface area contributed by atoms with Crippen molar-refractivity contribution < 1.29 is 116 Å². The fourth-order valence-corrected chi connectivity index (χ4v) is 5.81. The number of alkyl halides is 3. The van der Waals surface area contributed by atoms with Crippen LogP contribution in [0.5, 0.6) is 6.01 Å². The Morgan fingerprint density at radius 2 is 1.22 bits per heavy atom. The molecule has 0 bridgehead atoms. The minimum Gasteiger partial charge on any atom is -1.00 e. The van der Waals surface area contributed by atoms with E-state index < -0.39 is 78.8 Å². The topological polar surface area (TPSA) is 335 Å². The molecule has 0 aliphatic heterocycles. The molecule has 376 valence electrons. The van der Waals surface area contributed by atoms with Gasteiger partial charge in [-0.1, -0.05) is 32.9 Å². The first-order valence-corrected chi connectivity index (χ1v) is 21.4. The van der Waals surface area contributed by atoms with E-state index in [0.29, 0.717) is 5.56 Å². The van der Waals surface area contributed by atoms with Crippen LogP contribution in [0.2, 0.25) is 0 Å². The summed E-state index contributed by atoms with van der Waals surface area (Å²) in [6.45, 7) is 10.4. The van der Waals surface area contributed by atoms with Crippen molar-refractivity contribution in [1.82, 2.24) is 29.9 Å². The third kappa shape index (κ3) is 22.4. The van der Waals surface area contributed by atoms with Crippen molar-refractivity contribution >= 4 is 62.7 Å². The first kappa shape index (κ1) is 65.3. The van der Waals surface area contributed by atoms with Gasteiger partial charge in [0.15, 0.2) is 0 Å². The summed E-state index contributed by atoms with van der Waals surface area (Å²) in [5.41, 5.74) is 13.2. The number of esters is 2. The van der Waals surface area contributed by atoms with Crippen LogP contribution in [0.15, 0.2) is 41.8 Å². The number of aryl methyl sites for hydroxylation is 2. The number of halogens is 4. The van der Waals surface area contributed by atoms with E-state index in [0.717, 1.165) is 36.0 Å². The van der Waals surface area contributed by atoms with Crippen LogP contribution in [0.1, 0.15) is 70.5 Å². The van der Waals surface area contributed by atoms with E-state index in [1.54, 1.807) is 39.1 Å². The van der Waals surface area contributed by atoms with Gasteiger partial charge in [0.1, 0.15) is 13.1 Å². The molecule has 69 heavy (non-hydrogen) atoms. The van der Waals surface area contributed by atoms with Gasteiger partial charge >= 0.3 is 86.9 Å². The smallest absolute Gasteiger partial charge is 1.00 e. The second kappa shape index (κ2) is 30.6. The first-order valence-electron chi connectivity index (χ1n) is 19.5. The summed E-state index contributed by atoms with van der Waals surface area (Å²) in [6, 6.07) is 6.98. The molecule has 0 saturated carbocycles. The van der Waals surface area contributed by atoms with Gasteiger partial charge in [-0.15, -0.1) is 0 Å². The van der Waals surface area contributed by atoms with Crippen LogP contribution in [-0.2, 0) is 46.8 Å². The largest absolute Gasteiger partial charge is 1.00 e. The number of aromatic nitrogens is 6. The molecule has 0 aliphatic rings. The molecule has 0 amide bonds. The molecule has 4 heterocycles. The maximum absolute atomic E-state index is 12.2. The van der Waals surface area contributed by atoms with E-state index in [1.807, 2.05) is 32.9 Å². The number of nitrogens with zero attached hydrogens (tertiary/aromatic N) is 10. The number of carbonyl (C=O) groups excluding carboxylic acids is 3. The van der Waals surface area contributed by atoms with Gasteiger partial charge in [-0.2, -0.15) is 33.1 Å². The summed E-state index contributed by atoms with van der Waals surface area (Å²) in [7, 11) is -3.92. The van der Waals surface area contributed by atoms with Crippen molar-refractivity contribution in [1.29, 1.82) is 0 Å². The van der Waals surface area contributed by atoms with Crippen molar-refractivity contribution in [3.05, 3.63) is 79.4 Å². The molecular formula is C39H53F4KN12O12S. The SMILES string of the molecule is C.CCCC(C)Oc1nc(N)c([N+](=O)[O-])c(N(CC(=O)OCC)Cc2ccc(C)nc2)n1.CCOC(=O)CN(Cc1ccc(C)nc1)c1nc(S(C)(=O)=O)nc(N)c1[N+](=O)[O-].O=CC(F)(F)F.[F-].[K+]. The van der Waals surface area contributed by atoms with E-state index in [1.165, 1.54) is 16.0 Å². The number of aldehydes is 1. The molecule has 1 unspecified atom stereocenters. The number of rotatable bonds is 19. The number of pyridine rings is 2. The molecule has 4 aromatic heterocycles. The van der Waals surface area contributed by atoms with Gasteiger partial charge in [0, 0.05) is 43.1 Å². The van der Waals surface area contributed by atoms with Crippen molar-refractivity contribution in [2.45, 2.75) is 92.3 Å². The number of sulfone groups is 1. The van der Waals surface area contributed by atoms with Crippen LogP contribution in [0, 0.1) is 34.1 Å². The molecule has 4 aromatic rings. The minimum atomic E-state index is -4.64. The van der Waals surface area contributed by atoms with Crippen molar-refractivity contribution in [2.75, 3.05) is 53.8 Å². The van der Waals surface area contributed by atoms with E-state index >= 15 is 0 Å². The molecule has 4 rings (SSSR count). The third-order valence-electron chi connectivity index (χ3n) is 8.12. The molecule has 0 aliphatic carbocycles. The molecule has 0 spiro atoms. The van der Waals surface area contributed by atoms with Gasteiger partial charge in [-0.25, -0.2) is 8.42 Å². The van der Waals surface area contributed by atoms with E-state index in [-0.39, 0.29) is 120 Å². The third-order valence-corrected chi connectivity index (χ3v) is 8.96. The zero-order valence-electron chi connectivity index (χ0n) is 38.2. The summed E-state index contributed by atoms with van der Waals surface area (Å²) in [6.07, 6.45) is -0.280. The van der Waals surface area contributed by atoms with Crippen molar-refractivity contribution in [2.24, 2.45) is 0 Å². The Bertz CT molecular complexity index is 2430. The molecule has 0 fully saturated rings. The van der Waals surface area contributed by atoms with E-state index in [4.69, 9.17) is 30.5 Å². The second-order valence-corrected chi connectivity index (χ2v) is 15.6. The summed E-state index contributed by atoms with van der Waals surface area (Å²) >= 11 is 0. The molecule has 24 nitrogen and oxygen atoms in total. The van der Waals surface area contributed by atoms with Crippen LogP contribution in [0.3, 0.4) is 0 Å². The van der Waals surface area contributed by atoms with Gasteiger partial charge in [-0.05, 0) is 64.3 Å². The number of carbonyl (C=O) groups is 3. The average molecular weight is 1030 g/mol. The molecular weight excluding hydrogens is 976 g/mol. The van der Waals surface area contributed by atoms with Gasteiger partial charge < -0.3 is 40.2 Å². The monoisotopic (exact) mass is 1030 g/mol. The number of hydrogen-bond donors (Lipinski definition) is 2. The van der Waals surface area contributed by atoms with Crippen LogP contribution in [0.25, 0.3) is 0 Å². The summed E-state index contributed by atoms with van der Waals surface area (Å²) in [5, 5.41) is 22.6. The van der Waals surface area contributed by atoms with Crippen molar-refractivity contribution in [3.63, 3.8) is 0 Å². The van der Waals surface area contributed by atoms with Crippen LogP contribution >= 0.6 is 0 Å². The Labute approximate surface area is 437 Å². The quantitative estimate of drug-likeness (QED) is 0.0213. The zero-order valence-corrected chi connectivity index (χ0v) is 42.2. The zero-order chi connectivity index (χ0) is 49.9. The fraction of sp³-hybridized carbons (Fsp3) is 0.462. The Kier molecular flexibility index (Phi) is 29.0. The fourth-order valence-electron chi connectivity index (χ4n) is 5.29. The van der Waals surface area contributed by atoms with E-state index in [2.05, 4.69) is 29.9 Å². The molecule has 0 saturated heterocycles. The number of nitrogen functional groups attached to an aromatic ring is 2. The standard InChI is InChI=1S/C20H28N6O5.C16H20N6O6S.C2HF3O.CH4.FH.K/c1-5-7-14(4)31-20-23-18(21)17(26(28)29)19(24-20)25(12-16(27)30-6-2)11-15-9-8-13(3)22-10-15;1-4-28-12(23)9-21(8-11-6-5-10(2)18-7-11)15-13(22(24)25)14(17)19-16(20-15)29(3,26)27;3-2(4,5)1-6;;;/h8-10,14H,5-7,11-12H2,1-4H3,(H2,21,23,24);5-7H,4,8-9H2,1-3H3,(H2,17,19,20);1H;1H4;1H;/q;;;;;+1/p-1. The normalized spacial score (nSPS) is 10.9. The van der Waals surface area contributed by atoms with Crippen molar-refractivity contribution in [3.8, 4) is 6.01 Å². The Hall–Kier alpha value is -5.82. The molecule has 1 atom stereocenters. The van der Waals surface area contributed by atoms with Crippen LogP contribution < -0.4 is 82.1 Å². The predicted octanol–water partition coefficient (Wildman–Crippen LogP) is -1.16.